The normalized spacial score (nSPS) is 20.6. The van der Waals surface area contributed by atoms with Gasteiger partial charge >= 0.3 is 0 Å². The first-order chi connectivity index (χ1) is 20.6. The lowest BCUT2D eigenvalue weighted by Gasteiger charge is -2.29. The highest BCUT2D eigenvalue weighted by molar-refractivity contribution is 5.99. The maximum Gasteiger partial charge on any atom is 0.255 e. The number of carbonyl (C=O) groups is 2. The summed E-state index contributed by atoms with van der Waals surface area (Å²) in [5, 5.41) is 4.12. The van der Waals surface area contributed by atoms with Gasteiger partial charge in [-0.25, -0.2) is 14.4 Å². The summed E-state index contributed by atoms with van der Waals surface area (Å²) >= 11 is 0. The molecule has 2 aliphatic heterocycles. The highest BCUT2D eigenvalue weighted by atomic mass is 19.1. The molecule has 226 valence electrons. The van der Waals surface area contributed by atoms with Gasteiger partial charge in [0.1, 0.15) is 17.9 Å². The van der Waals surface area contributed by atoms with Gasteiger partial charge in [0.25, 0.3) is 5.91 Å². The molecule has 1 aromatic carbocycles. The first-order valence-corrected chi connectivity index (χ1v) is 15.2. The van der Waals surface area contributed by atoms with Crippen molar-refractivity contribution in [3.8, 4) is 17.3 Å². The lowest BCUT2D eigenvalue weighted by molar-refractivity contribution is -0.119. The molecule has 3 aromatic heterocycles. The Kier molecular flexibility index (Phi) is 6.68. The summed E-state index contributed by atoms with van der Waals surface area (Å²) in [5.74, 6) is 2.11. The zero-order valence-corrected chi connectivity index (χ0v) is 24.9. The molecule has 1 aliphatic carbocycles. The largest absolute Gasteiger partial charge is 0.491 e. The smallest absolute Gasteiger partial charge is 0.255 e. The maximum atomic E-state index is 13.3. The quantitative estimate of drug-likeness (QED) is 0.309. The SMILES string of the molecule is Cn1c(-c2cc3cccc(OCC4CC(=O)NC4(C)C)c3n2CC2CC2)nc2cc3c(nc21)CCN(C[C@H](N)CF)C3=O. The fourth-order valence-electron chi connectivity index (χ4n) is 6.56. The zero-order chi connectivity index (χ0) is 30.0. The van der Waals surface area contributed by atoms with Crippen molar-refractivity contribution < 1.29 is 18.7 Å². The monoisotopic (exact) mass is 587 g/mol. The highest BCUT2D eigenvalue weighted by Crippen LogP contribution is 2.40. The van der Waals surface area contributed by atoms with Gasteiger partial charge in [0.05, 0.1) is 35.1 Å². The lowest BCUT2D eigenvalue weighted by Crippen LogP contribution is -2.45. The number of hydrogen-bond acceptors (Lipinski definition) is 6. The summed E-state index contributed by atoms with van der Waals surface area (Å²) in [7, 11) is 1.96. The van der Waals surface area contributed by atoms with E-state index in [4.69, 9.17) is 20.4 Å². The molecule has 1 saturated carbocycles. The Balaban J connectivity index is 1.27. The number of nitrogens with zero attached hydrogens (tertiary/aromatic N) is 5. The van der Waals surface area contributed by atoms with Crippen LogP contribution in [0.25, 0.3) is 33.6 Å². The van der Waals surface area contributed by atoms with Crippen LogP contribution in [-0.4, -0.2) is 73.8 Å². The zero-order valence-electron chi connectivity index (χ0n) is 24.9. The highest BCUT2D eigenvalue weighted by Gasteiger charge is 2.39. The van der Waals surface area contributed by atoms with Gasteiger partial charge in [0, 0.05) is 56.4 Å². The second kappa shape index (κ2) is 10.3. The number of ether oxygens (including phenoxy) is 1. The minimum absolute atomic E-state index is 0.0612. The van der Waals surface area contributed by atoms with E-state index in [0.29, 0.717) is 43.0 Å². The molecular weight excluding hydrogens is 549 g/mol. The lowest BCUT2D eigenvalue weighted by atomic mass is 9.90. The van der Waals surface area contributed by atoms with Gasteiger partial charge < -0.3 is 29.8 Å². The Bertz CT molecular complexity index is 1750. The minimum atomic E-state index is -0.699. The fourth-order valence-corrected chi connectivity index (χ4v) is 6.56. The summed E-state index contributed by atoms with van der Waals surface area (Å²) in [6.07, 6.45) is 3.41. The van der Waals surface area contributed by atoms with E-state index in [1.807, 2.05) is 43.7 Å². The van der Waals surface area contributed by atoms with Crippen LogP contribution >= 0.6 is 0 Å². The molecule has 43 heavy (non-hydrogen) atoms. The number of nitrogens with two attached hydrogens (primary N) is 1. The molecule has 7 rings (SSSR count). The van der Waals surface area contributed by atoms with Crippen molar-refractivity contribution in [3.63, 3.8) is 0 Å². The van der Waals surface area contributed by atoms with Gasteiger partial charge in [-0.2, -0.15) is 0 Å². The van der Waals surface area contributed by atoms with E-state index in [1.54, 1.807) is 4.90 Å². The molecule has 11 heteroatoms. The summed E-state index contributed by atoms with van der Waals surface area (Å²) in [6, 6.07) is 9.37. The van der Waals surface area contributed by atoms with Crippen molar-refractivity contribution >= 4 is 33.9 Å². The minimum Gasteiger partial charge on any atom is -0.491 e. The van der Waals surface area contributed by atoms with E-state index >= 15 is 0 Å². The van der Waals surface area contributed by atoms with Crippen molar-refractivity contribution in [1.29, 1.82) is 0 Å². The van der Waals surface area contributed by atoms with E-state index in [9.17, 15) is 14.0 Å². The number of aromatic nitrogens is 4. The summed E-state index contributed by atoms with van der Waals surface area (Å²) in [5.41, 5.74) is 10.1. The molecule has 2 atom stereocenters. The van der Waals surface area contributed by atoms with E-state index in [-0.39, 0.29) is 29.8 Å². The van der Waals surface area contributed by atoms with Crippen LogP contribution in [-0.2, 0) is 24.8 Å². The Morgan fingerprint density at radius 1 is 1.21 bits per heavy atom. The molecule has 3 N–H and O–H groups in total. The molecule has 5 heterocycles. The average molecular weight is 588 g/mol. The maximum absolute atomic E-state index is 13.3. The molecule has 0 radical (unpaired) electrons. The second-order valence-corrected chi connectivity index (χ2v) is 13.0. The van der Waals surface area contributed by atoms with Crippen molar-refractivity contribution in [1.82, 2.24) is 29.3 Å². The third-order valence-corrected chi connectivity index (χ3v) is 9.32. The molecule has 2 amide bonds. The first-order valence-electron chi connectivity index (χ1n) is 15.2. The van der Waals surface area contributed by atoms with Crippen LogP contribution in [0.4, 0.5) is 4.39 Å². The molecular formula is C32H38FN7O3. The number of halogens is 1. The number of amides is 2. The number of nitrogens with one attached hydrogen (secondary N) is 1. The number of rotatable bonds is 9. The van der Waals surface area contributed by atoms with Crippen molar-refractivity contribution in [2.24, 2.45) is 24.6 Å². The third-order valence-electron chi connectivity index (χ3n) is 9.32. The predicted molar refractivity (Wildman–Crippen MR) is 162 cm³/mol. The van der Waals surface area contributed by atoms with Crippen molar-refractivity contribution in [3.05, 3.63) is 41.6 Å². The summed E-state index contributed by atoms with van der Waals surface area (Å²) in [6.45, 7) is 5.35. The molecule has 1 unspecified atom stereocenters. The number of aryl methyl sites for hydroxylation is 1. The molecule has 0 bridgehead atoms. The number of imidazole rings is 1. The number of fused-ring (bicyclic) bond motifs is 3. The average Bonchev–Trinajstić information content (AvgIpc) is 3.56. The molecule has 10 nitrogen and oxygen atoms in total. The van der Waals surface area contributed by atoms with Crippen LogP contribution in [0.2, 0.25) is 0 Å². The Labute approximate surface area is 249 Å². The number of pyridine rings is 1. The van der Waals surface area contributed by atoms with E-state index < -0.39 is 12.7 Å². The van der Waals surface area contributed by atoms with E-state index in [0.717, 1.165) is 46.1 Å². The number of carbonyl (C=O) groups excluding carboxylic acids is 2. The predicted octanol–water partition coefficient (Wildman–Crippen LogP) is 3.59. The molecule has 3 aliphatic rings. The second-order valence-electron chi connectivity index (χ2n) is 13.0. The van der Waals surface area contributed by atoms with Gasteiger partial charge in [0.15, 0.2) is 11.5 Å². The van der Waals surface area contributed by atoms with Crippen LogP contribution in [0.15, 0.2) is 30.3 Å². The van der Waals surface area contributed by atoms with Gasteiger partial charge in [-0.05, 0) is 50.8 Å². The summed E-state index contributed by atoms with van der Waals surface area (Å²) in [4.78, 5) is 36.9. The molecule has 1 saturated heterocycles. The van der Waals surface area contributed by atoms with Crippen molar-refractivity contribution in [2.45, 2.75) is 57.7 Å². The van der Waals surface area contributed by atoms with E-state index in [2.05, 4.69) is 22.0 Å². The van der Waals surface area contributed by atoms with Gasteiger partial charge in [-0.3, -0.25) is 9.59 Å². The van der Waals surface area contributed by atoms with Crippen molar-refractivity contribution in [2.75, 3.05) is 26.4 Å². The molecule has 0 spiro atoms. The topological polar surface area (TPSA) is 120 Å². The van der Waals surface area contributed by atoms with Crippen LogP contribution in [0.5, 0.6) is 5.75 Å². The Morgan fingerprint density at radius 3 is 2.74 bits per heavy atom. The first kappa shape index (κ1) is 27.8. The Hall–Kier alpha value is -3.99. The van der Waals surface area contributed by atoms with Gasteiger partial charge in [0.2, 0.25) is 5.91 Å². The molecule has 4 aromatic rings. The Morgan fingerprint density at radius 2 is 2.02 bits per heavy atom. The van der Waals surface area contributed by atoms with Gasteiger partial charge in [-0.15, -0.1) is 0 Å². The summed E-state index contributed by atoms with van der Waals surface area (Å²) < 4.78 is 23.8. The molecule has 2 fully saturated rings. The number of benzene rings is 1. The number of alkyl halides is 1. The third kappa shape index (κ3) is 4.93. The van der Waals surface area contributed by atoms with Crippen LogP contribution < -0.4 is 15.8 Å². The standard InChI is InChI=1S/C32H38FN7O3/c1-32(2)20(12-27(41)37-32)17-43-26-6-4-5-19-11-25(40(28(19)26)15-18-7-8-18)30-36-24-13-22-23(35-29(24)38(30)3)9-10-39(31(22)42)16-21(34)14-33/h4-6,11,13,18,20-21H,7-10,12,14-17,34H2,1-3H3,(H,37,41)/t20?,21-/m1/s1. The van der Waals surface area contributed by atoms with Crippen LogP contribution in [0, 0.1) is 11.8 Å². The van der Waals surface area contributed by atoms with E-state index in [1.165, 1.54) is 12.8 Å². The van der Waals surface area contributed by atoms with Gasteiger partial charge in [-0.1, -0.05) is 12.1 Å². The fraction of sp³-hybridized carbons (Fsp3) is 0.500. The number of hydrogen-bond donors (Lipinski definition) is 2. The van der Waals surface area contributed by atoms with Crippen LogP contribution in [0.1, 0.15) is 49.2 Å². The number of para-hydroxylation sites is 1. The van der Waals surface area contributed by atoms with Crippen LogP contribution in [0.3, 0.4) is 0 Å².